The molecule has 0 unspecified atom stereocenters. The fraction of sp³-hybridized carbons (Fsp3) is 0.118. The fourth-order valence-electron chi connectivity index (χ4n) is 3.45. The maximum absolute atomic E-state index is 3.44. The van der Waals surface area contributed by atoms with Crippen molar-refractivity contribution >= 4 is 37.1 Å². The van der Waals surface area contributed by atoms with Crippen molar-refractivity contribution in [3.63, 3.8) is 0 Å². The van der Waals surface area contributed by atoms with Gasteiger partial charge in [0.1, 0.15) is 0 Å². The van der Waals surface area contributed by atoms with Crippen LogP contribution in [0.25, 0.3) is 0 Å². The Morgan fingerprint density at radius 2 is 0.649 bits per heavy atom. The Morgan fingerprint density at radius 3 is 0.811 bits per heavy atom. The summed E-state index contributed by atoms with van der Waals surface area (Å²) >= 11 is 0. The molecule has 0 radical (unpaired) electrons. The van der Waals surface area contributed by atoms with Crippen molar-refractivity contribution in [3.05, 3.63) is 159 Å². The standard InChI is InChI=1S/C26H24P2.2C4H7.Ru/c1-5-13-23(14-6-1)27(24-15-7-2-8-16-24)21-22-28(25-17-9-3-10-18-25)26-19-11-4-12-20-26;2*1-4(2)3;/h1-20H,21-22H2;2*1-2H2,3H3;/q;2*-1;+2. The first-order valence-corrected chi connectivity index (χ1v) is 15.1. The summed E-state index contributed by atoms with van der Waals surface area (Å²) in [4.78, 5) is 0. The van der Waals surface area contributed by atoms with Gasteiger partial charge >= 0.3 is 19.5 Å². The molecule has 0 N–H and O–H groups in total. The summed E-state index contributed by atoms with van der Waals surface area (Å²) in [6.07, 6.45) is 2.41. The molecule has 3 heteroatoms. The maximum Gasteiger partial charge on any atom is 2.00 e. The van der Waals surface area contributed by atoms with Crippen molar-refractivity contribution in [1.82, 2.24) is 0 Å². The van der Waals surface area contributed by atoms with E-state index >= 15 is 0 Å². The van der Waals surface area contributed by atoms with E-state index in [0.29, 0.717) is 0 Å². The Bertz CT molecular complexity index is 962. The Balaban J connectivity index is 0.000000671. The summed E-state index contributed by atoms with van der Waals surface area (Å²) in [6.45, 7) is 17.5. The fourth-order valence-corrected chi connectivity index (χ4v) is 8.80. The number of benzene rings is 4. The van der Waals surface area contributed by atoms with Gasteiger partial charge in [-0.25, -0.2) is 38.2 Å². The predicted molar refractivity (Wildman–Crippen MR) is 168 cm³/mol. The van der Waals surface area contributed by atoms with Gasteiger partial charge in [-0.3, -0.25) is 0 Å². The summed E-state index contributed by atoms with van der Waals surface area (Å²) in [5, 5.41) is 5.89. The van der Waals surface area contributed by atoms with Gasteiger partial charge in [-0.15, -0.1) is 0 Å². The van der Waals surface area contributed by atoms with Gasteiger partial charge in [-0.1, -0.05) is 135 Å². The van der Waals surface area contributed by atoms with Crippen LogP contribution in [0.5, 0.6) is 0 Å². The molecule has 192 valence electrons. The molecular weight excluding hydrogens is 571 g/mol. The molecule has 0 saturated heterocycles. The van der Waals surface area contributed by atoms with Crippen LogP contribution in [0, 0.1) is 13.8 Å². The first kappa shape index (κ1) is 32.6. The second-order valence-electron chi connectivity index (χ2n) is 8.56. The van der Waals surface area contributed by atoms with Gasteiger partial charge in [-0.2, -0.15) is 0 Å². The third-order valence-corrected chi connectivity index (χ3v) is 10.2. The van der Waals surface area contributed by atoms with Crippen molar-refractivity contribution in [2.45, 2.75) is 13.8 Å². The molecular formula is C34H38P2Ru. The zero-order valence-electron chi connectivity index (χ0n) is 22.0. The molecule has 0 fully saturated rings. The summed E-state index contributed by atoms with van der Waals surface area (Å²) in [5.74, 6) is 0. The average Bonchev–Trinajstić information content (AvgIpc) is 2.88. The molecule has 0 atom stereocenters. The summed E-state index contributed by atoms with van der Waals surface area (Å²) in [7, 11) is -0.696. The van der Waals surface area contributed by atoms with E-state index < -0.39 is 0 Å². The Morgan fingerprint density at radius 1 is 0.486 bits per heavy atom. The minimum Gasteiger partial charge on any atom is -0.242 e. The number of allylic oxidation sites excluding steroid dienone is 2. The van der Waals surface area contributed by atoms with E-state index in [2.05, 4.69) is 148 Å². The zero-order valence-corrected chi connectivity index (χ0v) is 25.6. The molecule has 37 heavy (non-hydrogen) atoms. The maximum atomic E-state index is 3.44. The zero-order chi connectivity index (χ0) is 26.2. The van der Waals surface area contributed by atoms with Crippen LogP contribution in [-0.4, -0.2) is 12.3 Å². The summed E-state index contributed by atoms with van der Waals surface area (Å²) in [5.41, 5.74) is 1.83. The van der Waals surface area contributed by atoms with Crippen molar-refractivity contribution in [2.24, 2.45) is 0 Å². The van der Waals surface area contributed by atoms with Crippen molar-refractivity contribution < 1.29 is 19.5 Å². The van der Waals surface area contributed by atoms with E-state index in [1.165, 1.54) is 33.5 Å². The van der Waals surface area contributed by atoms with Gasteiger partial charge < -0.3 is 0 Å². The molecule has 0 nitrogen and oxygen atoms in total. The number of hydrogen-bond acceptors (Lipinski definition) is 0. The van der Waals surface area contributed by atoms with Crippen LogP contribution in [0.4, 0.5) is 0 Å². The third-order valence-electron chi connectivity index (χ3n) is 4.82. The van der Waals surface area contributed by atoms with E-state index in [1.54, 1.807) is 0 Å². The summed E-state index contributed by atoms with van der Waals surface area (Å²) in [6, 6.07) is 44.2. The van der Waals surface area contributed by atoms with Crippen LogP contribution >= 0.6 is 15.8 Å². The van der Waals surface area contributed by atoms with E-state index in [4.69, 9.17) is 0 Å². The van der Waals surface area contributed by atoms with E-state index in [9.17, 15) is 0 Å². The van der Waals surface area contributed by atoms with Gasteiger partial charge in [-0.05, 0) is 49.4 Å². The van der Waals surface area contributed by atoms with E-state index in [0.717, 1.165) is 11.1 Å². The molecule has 0 bridgehead atoms. The molecule has 0 spiro atoms. The smallest absolute Gasteiger partial charge is 0.242 e. The first-order chi connectivity index (χ1) is 17.4. The van der Waals surface area contributed by atoms with Crippen molar-refractivity contribution in [1.29, 1.82) is 0 Å². The van der Waals surface area contributed by atoms with Crippen LogP contribution in [0.2, 0.25) is 0 Å². The normalized spacial score (nSPS) is 9.73. The molecule has 4 rings (SSSR count). The summed E-state index contributed by atoms with van der Waals surface area (Å²) < 4.78 is 0. The first-order valence-electron chi connectivity index (χ1n) is 12.1. The minimum absolute atomic E-state index is 0. The molecule has 0 aromatic heterocycles. The molecule has 4 aromatic rings. The van der Waals surface area contributed by atoms with Gasteiger partial charge in [0.05, 0.1) is 0 Å². The second kappa shape index (κ2) is 18.8. The molecule has 0 aliphatic carbocycles. The minimum atomic E-state index is -0.348. The Kier molecular flexibility index (Phi) is 16.5. The van der Waals surface area contributed by atoms with Gasteiger partial charge in [0.2, 0.25) is 0 Å². The van der Waals surface area contributed by atoms with Crippen LogP contribution < -0.4 is 21.2 Å². The molecule has 0 saturated carbocycles. The predicted octanol–water partition coefficient (Wildman–Crippen LogP) is 8.04. The van der Waals surface area contributed by atoms with Crippen molar-refractivity contribution in [2.75, 3.05) is 12.3 Å². The largest absolute Gasteiger partial charge is 2.00 e. The topological polar surface area (TPSA) is 0 Å². The molecule has 0 heterocycles. The van der Waals surface area contributed by atoms with E-state index in [-0.39, 0.29) is 35.3 Å². The van der Waals surface area contributed by atoms with Gasteiger partial charge in [0.15, 0.2) is 0 Å². The number of hydrogen-bond donors (Lipinski definition) is 0. The SMILES string of the molecule is C=C([CH2-])C.C=C([CH2-])C.[Ru+2].c1ccc(P(CCP(c2ccccc2)c2ccccc2)c2ccccc2)cc1. The van der Waals surface area contributed by atoms with Crippen LogP contribution in [0.15, 0.2) is 146 Å². The van der Waals surface area contributed by atoms with Gasteiger partial charge in [0.25, 0.3) is 0 Å². The second-order valence-corrected chi connectivity index (χ2v) is 13.2. The Hall–Kier alpha value is -2.42. The van der Waals surface area contributed by atoms with Crippen molar-refractivity contribution in [3.8, 4) is 0 Å². The van der Waals surface area contributed by atoms with Gasteiger partial charge in [0, 0.05) is 0 Å². The molecule has 4 aromatic carbocycles. The quantitative estimate of drug-likeness (QED) is 0.113. The Labute approximate surface area is 241 Å². The molecule has 0 amide bonds. The average molecular weight is 610 g/mol. The monoisotopic (exact) mass is 610 g/mol. The molecule has 0 aliphatic rings. The van der Waals surface area contributed by atoms with E-state index in [1.807, 2.05) is 13.8 Å². The number of rotatable bonds is 7. The van der Waals surface area contributed by atoms with Crippen LogP contribution in [0.1, 0.15) is 13.8 Å². The molecule has 0 aliphatic heterocycles. The third kappa shape index (κ3) is 13.1. The van der Waals surface area contributed by atoms with Crippen LogP contribution in [-0.2, 0) is 19.5 Å². The van der Waals surface area contributed by atoms with Crippen LogP contribution in [0.3, 0.4) is 0 Å².